The lowest BCUT2D eigenvalue weighted by Gasteiger charge is -2.33. The Labute approximate surface area is 175 Å². The molecule has 0 saturated heterocycles. The van der Waals surface area contributed by atoms with Crippen molar-refractivity contribution in [2.45, 2.75) is 38.9 Å². The van der Waals surface area contributed by atoms with Gasteiger partial charge in [0.1, 0.15) is 17.4 Å². The van der Waals surface area contributed by atoms with Crippen LogP contribution in [0.5, 0.6) is 0 Å². The minimum absolute atomic E-state index is 0.0281. The molecule has 0 aromatic carbocycles. The van der Waals surface area contributed by atoms with Crippen LogP contribution in [-0.2, 0) is 12.1 Å². The normalized spacial score (nSPS) is 16.7. The van der Waals surface area contributed by atoms with Gasteiger partial charge in [-0.2, -0.15) is 5.10 Å². The van der Waals surface area contributed by atoms with Crippen LogP contribution in [0.4, 0.5) is 8.78 Å². The number of rotatable bonds is 3. The summed E-state index contributed by atoms with van der Waals surface area (Å²) in [5.41, 5.74) is 0.759. The number of aryl methyl sites for hydroxylation is 1. The van der Waals surface area contributed by atoms with E-state index in [0.717, 1.165) is 5.69 Å². The van der Waals surface area contributed by atoms with Crippen LogP contribution < -0.4 is 0 Å². The van der Waals surface area contributed by atoms with E-state index in [0.29, 0.717) is 35.6 Å². The molecule has 0 bridgehead atoms. The number of H-pyrrole nitrogens is 1. The molecule has 4 aromatic rings. The third-order valence-corrected chi connectivity index (χ3v) is 5.43. The standard InChI is InChI=1S/C21H20F2N6O2/c1-11-18(31-20(26-11)21(2,3)23)19(30)28-8-6-13-16(25-10-24-13)17(28)14-9-15-12(22)5-4-7-29(15)27-14/h4-5,7,9-10,17H,6,8H2,1-3H3,(H,24,25). The fourth-order valence-electron chi connectivity index (χ4n) is 3.91. The molecule has 5 heterocycles. The number of hydrogen-bond acceptors (Lipinski definition) is 5. The second kappa shape index (κ2) is 6.73. The van der Waals surface area contributed by atoms with Gasteiger partial charge in [-0.3, -0.25) is 4.79 Å². The van der Waals surface area contributed by atoms with Gasteiger partial charge in [0.2, 0.25) is 11.7 Å². The minimum atomic E-state index is -1.82. The molecule has 1 N–H and O–H groups in total. The molecule has 0 saturated carbocycles. The molecule has 0 spiro atoms. The quantitative estimate of drug-likeness (QED) is 0.541. The Bertz CT molecular complexity index is 1300. The van der Waals surface area contributed by atoms with Crippen molar-refractivity contribution >= 4 is 11.4 Å². The lowest BCUT2D eigenvalue weighted by molar-refractivity contribution is 0.0642. The maximum atomic E-state index is 14.3. The van der Waals surface area contributed by atoms with Crippen LogP contribution in [0.1, 0.15) is 59.1 Å². The molecule has 1 atom stereocenters. The van der Waals surface area contributed by atoms with Crippen molar-refractivity contribution < 1.29 is 18.0 Å². The second-order valence-corrected chi connectivity index (χ2v) is 8.08. The number of amides is 1. The average molecular weight is 426 g/mol. The molecule has 1 amide bonds. The lowest BCUT2D eigenvalue weighted by Crippen LogP contribution is -2.41. The van der Waals surface area contributed by atoms with Crippen LogP contribution in [0.25, 0.3) is 5.52 Å². The first-order valence-corrected chi connectivity index (χ1v) is 9.88. The van der Waals surface area contributed by atoms with Crippen molar-refractivity contribution in [1.29, 1.82) is 0 Å². The van der Waals surface area contributed by atoms with Gasteiger partial charge in [0.25, 0.3) is 5.91 Å². The summed E-state index contributed by atoms with van der Waals surface area (Å²) < 4.78 is 35.6. The summed E-state index contributed by atoms with van der Waals surface area (Å²) in [6.07, 6.45) is 3.75. The highest BCUT2D eigenvalue weighted by Gasteiger charge is 2.39. The molecule has 31 heavy (non-hydrogen) atoms. The average Bonchev–Trinajstić information content (AvgIpc) is 3.44. The number of hydrogen-bond donors (Lipinski definition) is 1. The van der Waals surface area contributed by atoms with Gasteiger partial charge in [0.05, 0.1) is 23.4 Å². The van der Waals surface area contributed by atoms with E-state index in [4.69, 9.17) is 4.42 Å². The molecule has 1 aliphatic rings. The molecule has 0 radical (unpaired) electrons. The van der Waals surface area contributed by atoms with Crippen LogP contribution in [0, 0.1) is 12.7 Å². The summed E-state index contributed by atoms with van der Waals surface area (Å²) in [6.45, 7) is 4.59. The van der Waals surface area contributed by atoms with E-state index in [9.17, 15) is 13.6 Å². The smallest absolute Gasteiger partial charge is 0.292 e. The number of halogens is 2. The Kier molecular flexibility index (Phi) is 4.21. The minimum Gasteiger partial charge on any atom is -0.432 e. The number of alkyl halides is 1. The Balaban J connectivity index is 1.61. The summed E-state index contributed by atoms with van der Waals surface area (Å²) in [6, 6.07) is 3.85. The lowest BCUT2D eigenvalue weighted by atomic mass is 9.99. The molecule has 1 unspecified atom stereocenters. The van der Waals surface area contributed by atoms with Crippen LogP contribution in [0.2, 0.25) is 0 Å². The molecular weight excluding hydrogens is 406 g/mol. The van der Waals surface area contributed by atoms with E-state index < -0.39 is 23.4 Å². The first kappa shape index (κ1) is 19.4. The number of nitrogens with one attached hydrogen (secondary N) is 1. The number of oxazole rings is 1. The number of aromatic amines is 1. The fraction of sp³-hybridized carbons (Fsp3) is 0.333. The summed E-state index contributed by atoms with van der Waals surface area (Å²) in [5.74, 6) is -1.05. The van der Waals surface area contributed by atoms with E-state index in [2.05, 4.69) is 20.1 Å². The number of carbonyl (C=O) groups is 1. The Morgan fingerprint density at radius 3 is 2.90 bits per heavy atom. The Morgan fingerprint density at radius 1 is 1.39 bits per heavy atom. The summed E-state index contributed by atoms with van der Waals surface area (Å²) in [4.78, 5) is 26.6. The highest BCUT2D eigenvalue weighted by Crippen LogP contribution is 2.35. The van der Waals surface area contributed by atoms with Gasteiger partial charge in [0.15, 0.2) is 5.67 Å². The van der Waals surface area contributed by atoms with Gasteiger partial charge in [0, 0.05) is 24.9 Å². The van der Waals surface area contributed by atoms with E-state index >= 15 is 0 Å². The van der Waals surface area contributed by atoms with Crippen molar-refractivity contribution in [3.8, 4) is 0 Å². The van der Waals surface area contributed by atoms with E-state index in [1.165, 1.54) is 24.4 Å². The highest BCUT2D eigenvalue weighted by molar-refractivity contribution is 5.93. The van der Waals surface area contributed by atoms with Crippen molar-refractivity contribution in [3.63, 3.8) is 0 Å². The van der Waals surface area contributed by atoms with Crippen LogP contribution >= 0.6 is 0 Å². The van der Waals surface area contributed by atoms with Gasteiger partial charge >= 0.3 is 0 Å². The zero-order valence-corrected chi connectivity index (χ0v) is 17.2. The number of imidazole rings is 1. The summed E-state index contributed by atoms with van der Waals surface area (Å²) in [7, 11) is 0. The predicted octanol–water partition coefficient (Wildman–Crippen LogP) is 3.49. The van der Waals surface area contributed by atoms with Gasteiger partial charge < -0.3 is 14.3 Å². The molecule has 0 aliphatic carbocycles. The number of nitrogens with zero attached hydrogens (tertiary/aromatic N) is 5. The van der Waals surface area contributed by atoms with Gasteiger partial charge in [-0.15, -0.1) is 0 Å². The monoisotopic (exact) mass is 426 g/mol. The maximum Gasteiger partial charge on any atom is 0.292 e. The van der Waals surface area contributed by atoms with Gasteiger partial charge in [-0.25, -0.2) is 23.3 Å². The van der Waals surface area contributed by atoms with Gasteiger partial charge in [-0.05, 0) is 39.0 Å². The molecule has 0 fully saturated rings. The first-order chi connectivity index (χ1) is 14.7. The van der Waals surface area contributed by atoms with Crippen LogP contribution in [0.15, 0.2) is 35.1 Å². The molecule has 4 aromatic heterocycles. The van der Waals surface area contributed by atoms with E-state index in [-0.39, 0.29) is 11.7 Å². The topological polar surface area (TPSA) is 92.3 Å². The van der Waals surface area contributed by atoms with Crippen molar-refractivity contribution in [1.82, 2.24) is 29.5 Å². The first-order valence-electron chi connectivity index (χ1n) is 9.88. The fourth-order valence-corrected chi connectivity index (χ4v) is 3.91. The number of pyridine rings is 1. The number of fused-ring (bicyclic) bond motifs is 2. The molecular formula is C21H20F2N6O2. The van der Waals surface area contributed by atoms with Crippen molar-refractivity contribution in [2.75, 3.05) is 6.54 Å². The van der Waals surface area contributed by atoms with E-state index in [1.807, 2.05) is 0 Å². The third-order valence-electron chi connectivity index (χ3n) is 5.43. The zero-order chi connectivity index (χ0) is 21.9. The molecule has 5 rings (SSSR count). The Hall–Kier alpha value is -3.56. The maximum absolute atomic E-state index is 14.3. The number of aromatic nitrogens is 5. The molecule has 160 valence electrons. The Morgan fingerprint density at radius 2 is 2.19 bits per heavy atom. The zero-order valence-electron chi connectivity index (χ0n) is 17.2. The van der Waals surface area contributed by atoms with Crippen LogP contribution in [-0.4, -0.2) is 41.9 Å². The number of carbonyl (C=O) groups excluding carboxylic acids is 1. The molecule has 10 heteroatoms. The second-order valence-electron chi connectivity index (χ2n) is 8.08. The SMILES string of the molecule is Cc1nc(C(C)(C)F)oc1C(=O)N1CCc2[nH]cnc2C1c1cc2c(F)cccn2n1. The van der Waals surface area contributed by atoms with Crippen molar-refractivity contribution in [2.24, 2.45) is 0 Å². The van der Waals surface area contributed by atoms with Crippen molar-refractivity contribution in [3.05, 3.63) is 71.0 Å². The molecule has 8 nitrogen and oxygen atoms in total. The predicted molar refractivity (Wildman–Crippen MR) is 106 cm³/mol. The molecule has 1 aliphatic heterocycles. The highest BCUT2D eigenvalue weighted by atomic mass is 19.1. The van der Waals surface area contributed by atoms with Gasteiger partial charge in [-0.1, -0.05) is 0 Å². The third kappa shape index (κ3) is 3.09. The summed E-state index contributed by atoms with van der Waals surface area (Å²) in [5, 5.41) is 4.49. The van der Waals surface area contributed by atoms with E-state index in [1.54, 1.807) is 36.5 Å². The summed E-state index contributed by atoms with van der Waals surface area (Å²) >= 11 is 0. The van der Waals surface area contributed by atoms with Crippen LogP contribution in [0.3, 0.4) is 0 Å². The largest absolute Gasteiger partial charge is 0.432 e.